The van der Waals surface area contributed by atoms with Crippen molar-refractivity contribution in [2.75, 3.05) is 0 Å². The molecule has 1 heterocycles. The molecule has 0 radical (unpaired) electrons. The third-order valence-corrected chi connectivity index (χ3v) is 2.10. The lowest BCUT2D eigenvalue weighted by Crippen LogP contribution is -1.97. The van der Waals surface area contributed by atoms with Crippen LogP contribution in [-0.4, -0.2) is 15.6 Å². The summed E-state index contributed by atoms with van der Waals surface area (Å²) in [5, 5.41) is 4.89. The van der Waals surface area contributed by atoms with Crippen molar-refractivity contribution >= 4 is 16.7 Å². The maximum Gasteiger partial charge on any atom is 0.256 e. The van der Waals surface area contributed by atoms with Gasteiger partial charge in [-0.1, -0.05) is 18.2 Å². The zero-order valence-corrected chi connectivity index (χ0v) is 7.69. The van der Waals surface area contributed by atoms with Crippen molar-refractivity contribution in [2.45, 2.75) is 0 Å². The van der Waals surface area contributed by atoms with Crippen LogP contribution >= 0.6 is 0 Å². The van der Waals surface area contributed by atoms with Crippen LogP contribution in [0.2, 0.25) is 0 Å². The van der Waals surface area contributed by atoms with Gasteiger partial charge in [-0.15, -0.1) is 6.42 Å². The minimum Gasteiger partial charge on any atom is -0.277 e. The Balaban J connectivity index is 2.80. The normalized spacial score (nSPS) is 10.0. The van der Waals surface area contributed by atoms with Crippen molar-refractivity contribution in [1.29, 1.82) is 0 Å². The van der Waals surface area contributed by atoms with E-state index in [1.54, 1.807) is 11.7 Å². The first-order valence-electron chi connectivity index (χ1n) is 4.16. The van der Waals surface area contributed by atoms with Crippen LogP contribution in [0.25, 0.3) is 10.9 Å². The van der Waals surface area contributed by atoms with Crippen LogP contribution in [0.1, 0.15) is 10.5 Å². The molecule has 2 aromatic rings. The number of benzene rings is 1. The molecule has 0 amide bonds. The molecule has 14 heavy (non-hydrogen) atoms. The fourth-order valence-electron chi connectivity index (χ4n) is 1.45. The van der Waals surface area contributed by atoms with Crippen LogP contribution in [0.4, 0.5) is 0 Å². The largest absolute Gasteiger partial charge is 0.277 e. The number of carbonyl (C=O) groups is 1. The van der Waals surface area contributed by atoms with Crippen molar-refractivity contribution in [3.63, 3.8) is 0 Å². The van der Waals surface area contributed by atoms with Gasteiger partial charge in [0, 0.05) is 12.4 Å². The Morgan fingerprint density at radius 3 is 2.93 bits per heavy atom. The summed E-state index contributed by atoms with van der Waals surface area (Å²) in [5.41, 5.74) is 1.26. The zero-order valence-electron chi connectivity index (χ0n) is 7.69. The highest BCUT2D eigenvalue weighted by molar-refractivity contribution is 6.14. The van der Waals surface area contributed by atoms with Gasteiger partial charge in [0.15, 0.2) is 0 Å². The van der Waals surface area contributed by atoms with Gasteiger partial charge >= 0.3 is 0 Å². The fourth-order valence-corrected chi connectivity index (χ4v) is 1.45. The van der Waals surface area contributed by atoms with Crippen molar-refractivity contribution in [1.82, 2.24) is 9.78 Å². The summed E-state index contributed by atoms with van der Waals surface area (Å²) in [6.45, 7) is 0. The highest BCUT2D eigenvalue weighted by atomic mass is 16.1. The molecule has 0 N–H and O–H groups in total. The van der Waals surface area contributed by atoms with Gasteiger partial charge in [-0.25, -0.2) is 0 Å². The summed E-state index contributed by atoms with van der Waals surface area (Å²) in [6.07, 6.45) is 5.06. The summed E-state index contributed by atoms with van der Waals surface area (Å²) in [4.78, 5) is 11.3. The number of para-hydroxylation sites is 1. The molecule has 0 unspecified atom stereocenters. The number of fused-ring (bicyclic) bond motifs is 1. The second-order valence-corrected chi connectivity index (χ2v) is 2.96. The van der Waals surface area contributed by atoms with E-state index >= 15 is 0 Å². The number of Topliss-reactive ketones (excluding diaryl/α,β-unsaturated/α-hetero) is 1. The predicted molar refractivity (Wildman–Crippen MR) is 53.9 cm³/mol. The summed E-state index contributed by atoms with van der Waals surface area (Å²) < 4.78 is 1.65. The molecule has 1 aromatic heterocycles. The number of aryl methyl sites for hydroxylation is 1. The topological polar surface area (TPSA) is 34.9 Å². The van der Waals surface area contributed by atoms with Gasteiger partial charge in [0.05, 0.1) is 5.52 Å². The molecule has 3 nitrogen and oxygen atoms in total. The van der Waals surface area contributed by atoms with E-state index in [2.05, 4.69) is 11.0 Å². The molecule has 0 aliphatic heterocycles. The van der Waals surface area contributed by atoms with Gasteiger partial charge in [0.25, 0.3) is 5.78 Å². The lowest BCUT2D eigenvalue weighted by atomic mass is 10.1. The first-order valence-corrected chi connectivity index (χ1v) is 4.16. The van der Waals surface area contributed by atoms with Crippen LogP contribution in [0.15, 0.2) is 24.3 Å². The molecule has 0 saturated heterocycles. The number of nitrogens with zero attached hydrogens (tertiary/aromatic N) is 2. The molecule has 0 spiro atoms. The number of carbonyl (C=O) groups excluding carboxylic acids is 1. The number of rotatable bonds is 1. The summed E-state index contributed by atoms with van der Waals surface area (Å²) in [5.74, 6) is 1.70. The molecular weight excluding hydrogens is 176 g/mol. The minimum atomic E-state index is -0.373. The van der Waals surface area contributed by atoms with E-state index in [-0.39, 0.29) is 5.78 Å². The second kappa shape index (κ2) is 3.00. The first-order chi connectivity index (χ1) is 6.74. The van der Waals surface area contributed by atoms with E-state index in [0.29, 0.717) is 5.69 Å². The molecule has 0 bridgehead atoms. The molecule has 1 aromatic carbocycles. The monoisotopic (exact) mass is 184 g/mol. The molecular formula is C11H8N2O. The van der Waals surface area contributed by atoms with Gasteiger partial charge in [-0.3, -0.25) is 9.48 Å². The summed E-state index contributed by atoms with van der Waals surface area (Å²) in [6, 6.07) is 7.49. The Hall–Kier alpha value is -2.08. The van der Waals surface area contributed by atoms with E-state index < -0.39 is 0 Å². The molecule has 68 valence electrons. The van der Waals surface area contributed by atoms with Gasteiger partial charge in [0.1, 0.15) is 5.69 Å². The van der Waals surface area contributed by atoms with Gasteiger partial charge in [-0.05, 0) is 12.0 Å². The van der Waals surface area contributed by atoms with Gasteiger partial charge in [0.2, 0.25) is 0 Å². The smallest absolute Gasteiger partial charge is 0.256 e. The number of terminal acetylenes is 1. The fraction of sp³-hybridized carbons (Fsp3) is 0.0909. The lowest BCUT2D eigenvalue weighted by Gasteiger charge is -1.90. The van der Waals surface area contributed by atoms with E-state index in [9.17, 15) is 4.79 Å². The average Bonchev–Trinajstić information content (AvgIpc) is 2.56. The summed E-state index contributed by atoms with van der Waals surface area (Å²) >= 11 is 0. The average molecular weight is 184 g/mol. The number of hydrogen-bond donors (Lipinski definition) is 0. The third kappa shape index (κ3) is 1.09. The zero-order chi connectivity index (χ0) is 10.1. The number of aromatic nitrogens is 2. The quantitative estimate of drug-likeness (QED) is 0.381. The maximum absolute atomic E-state index is 11.3. The van der Waals surface area contributed by atoms with Crippen LogP contribution < -0.4 is 0 Å². The molecule has 0 aliphatic rings. The molecule has 2 rings (SSSR count). The first kappa shape index (κ1) is 8.52. The predicted octanol–water partition coefficient (Wildman–Crippen LogP) is 1.39. The van der Waals surface area contributed by atoms with Crippen molar-refractivity contribution in [2.24, 2.45) is 7.05 Å². The summed E-state index contributed by atoms with van der Waals surface area (Å²) in [7, 11) is 1.79. The Morgan fingerprint density at radius 2 is 2.21 bits per heavy atom. The van der Waals surface area contributed by atoms with Crippen molar-refractivity contribution in [3.8, 4) is 12.3 Å². The molecule has 0 atom stereocenters. The maximum atomic E-state index is 11.3. The van der Waals surface area contributed by atoms with Gasteiger partial charge < -0.3 is 0 Å². The van der Waals surface area contributed by atoms with Crippen LogP contribution in [-0.2, 0) is 7.05 Å². The Labute approximate surface area is 81.3 Å². The molecule has 0 fully saturated rings. The SMILES string of the molecule is C#CC(=O)c1nn(C)c2ccccc12. The lowest BCUT2D eigenvalue weighted by molar-refractivity contribution is 0.105. The minimum absolute atomic E-state index is 0.352. The van der Waals surface area contributed by atoms with E-state index in [0.717, 1.165) is 10.9 Å². The Kier molecular flexibility index (Phi) is 1.83. The Bertz CT molecular complexity index is 546. The number of hydrogen-bond acceptors (Lipinski definition) is 2. The van der Waals surface area contributed by atoms with Crippen LogP contribution in [0.5, 0.6) is 0 Å². The Morgan fingerprint density at radius 1 is 1.50 bits per heavy atom. The van der Waals surface area contributed by atoms with Crippen molar-refractivity contribution < 1.29 is 4.79 Å². The van der Waals surface area contributed by atoms with Crippen molar-refractivity contribution in [3.05, 3.63) is 30.0 Å². The number of ketones is 1. The third-order valence-electron chi connectivity index (χ3n) is 2.10. The van der Waals surface area contributed by atoms with E-state index in [1.807, 2.05) is 24.3 Å². The molecule has 0 aliphatic carbocycles. The van der Waals surface area contributed by atoms with E-state index in [4.69, 9.17) is 6.42 Å². The van der Waals surface area contributed by atoms with Crippen LogP contribution in [0, 0.1) is 12.3 Å². The van der Waals surface area contributed by atoms with Crippen LogP contribution in [0.3, 0.4) is 0 Å². The molecule has 0 saturated carbocycles. The highest BCUT2D eigenvalue weighted by Crippen LogP contribution is 2.17. The molecule has 3 heteroatoms. The standard InChI is InChI=1S/C11H8N2O/c1-3-10(14)11-8-6-4-5-7-9(8)13(2)12-11/h1,4-7H,2H3. The van der Waals surface area contributed by atoms with E-state index in [1.165, 1.54) is 0 Å². The second-order valence-electron chi connectivity index (χ2n) is 2.96. The van der Waals surface area contributed by atoms with Gasteiger partial charge in [-0.2, -0.15) is 5.10 Å². The highest BCUT2D eigenvalue weighted by Gasteiger charge is 2.12.